The summed E-state index contributed by atoms with van der Waals surface area (Å²) in [6.45, 7) is 6.80. The average molecular weight is 283 g/mol. The third kappa shape index (κ3) is 2.61. The third-order valence-electron chi connectivity index (χ3n) is 4.17. The van der Waals surface area contributed by atoms with Crippen molar-refractivity contribution in [3.8, 4) is 11.5 Å². The van der Waals surface area contributed by atoms with Gasteiger partial charge in [0.25, 0.3) is 0 Å². The molecule has 1 aliphatic rings. The van der Waals surface area contributed by atoms with Crippen molar-refractivity contribution in [2.45, 2.75) is 32.9 Å². The maximum absolute atomic E-state index is 6.44. The minimum absolute atomic E-state index is 0.166. The lowest BCUT2D eigenvalue weighted by Gasteiger charge is -2.31. The van der Waals surface area contributed by atoms with E-state index in [4.69, 9.17) is 15.2 Å². The maximum Gasteiger partial charge on any atom is 0.161 e. The van der Waals surface area contributed by atoms with E-state index < -0.39 is 0 Å². The fraction of sp³-hybridized carbons (Fsp3) is 0.333. The predicted molar refractivity (Wildman–Crippen MR) is 83.9 cm³/mol. The topological polar surface area (TPSA) is 44.5 Å². The number of benzene rings is 2. The quantitative estimate of drug-likeness (QED) is 0.918. The predicted octanol–water partition coefficient (Wildman–Crippen LogP) is 3.45. The Bertz CT molecular complexity index is 666. The lowest BCUT2D eigenvalue weighted by atomic mass is 9.93. The van der Waals surface area contributed by atoms with E-state index in [9.17, 15) is 0 Å². The van der Waals surface area contributed by atoms with Gasteiger partial charge in [-0.15, -0.1) is 0 Å². The highest BCUT2D eigenvalue weighted by atomic mass is 16.6. The first-order chi connectivity index (χ1) is 10.1. The van der Waals surface area contributed by atoms with Crippen molar-refractivity contribution in [1.82, 2.24) is 0 Å². The summed E-state index contributed by atoms with van der Waals surface area (Å²) in [7, 11) is 0. The summed E-state index contributed by atoms with van der Waals surface area (Å²) in [6.07, 6.45) is -0.166. The summed E-state index contributed by atoms with van der Waals surface area (Å²) < 4.78 is 11.8. The monoisotopic (exact) mass is 283 g/mol. The van der Waals surface area contributed by atoms with E-state index in [1.54, 1.807) is 0 Å². The molecule has 3 nitrogen and oxygen atoms in total. The maximum atomic E-state index is 6.44. The van der Waals surface area contributed by atoms with Gasteiger partial charge in [0, 0.05) is 0 Å². The molecule has 0 radical (unpaired) electrons. The van der Waals surface area contributed by atoms with Gasteiger partial charge in [0.2, 0.25) is 0 Å². The second-order valence-corrected chi connectivity index (χ2v) is 5.73. The number of aryl methyl sites for hydroxylation is 3. The molecule has 110 valence electrons. The third-order valence-corrected chi connectivity index (χ3v) is 4.17. The molecular formula is C18H21NO2. The molecule has 2 atom stereocenters. The summed E-state index contributed by atoms with van der Waals surface area (Å²) in [6, 6.07) is 11.9. The molecule has 0 bridgehead atoms. The fourth-order valence-corrected chi connectivity index (χ4v) is 2.76. The van der Waals surface area contributed by atoms with Crippen LogP contribution in [0.5, 0.6) is 11.5 Å². The summed E-state index contributed by atoms with van der Waals surface area (Å²) in [5.74, 6) is 1.56. The van der Waals surface area contributed by atoms with E-state index in [1.807, 2.05) is 24.3 Å². The highest BCUT2D eigenvalue weighted by Crippen LogP contribution is 2.34. The molecule has 3 heteroatoms. The van der Waals surface area contributed by atoms with Gasteiger partial charge in [0.05, 0.1) is 6.04 Å². The molecule has 0 aromatic heterocycles. The van der Waals surface area contributed by atoms with Gasteiger partial charge < -0.3 is 15.2 Å². The standard InChI is InChI=1S/C18H21NO2/c1-11-8-13(3)14(9-12(11)2)18(19)17-10-20-15-6-4-5-7-16(15)21-17/h4-9,17-18H,10,19H2,1-3H3. The van der Waals surface area contributed by atoms with E-state index >= 15 is 0 Å². The minimum Gasteiger partial charge on any atom is -0.486 e. The molecule has 2 N–H and O–H groups in total. The van der Waals surface area contributed by atoms with E-state index in [2.05, 4.69) is 32.9 Å². The number of nitrogens with two attached hydrogens (primary N) is 1. The van der Waals surface area contributed by atoms with Crippen LogP contribution < -0.4 is 15.2 Å². The van der Waals surface area contributed by atoms with Gasteiger partial charge >= 0.3 is 0 Å². The van der Waals surface area contributed by atoms with Crippen LogP contribution in [0.1, 0.15) is 28.3 Å². The van der Waals surface area contributed by atoms with Gasteiger partial charge in [-0.05, 0) is 55.2 Å². The first-order valence-corrected chi connectivity index (χ1v) is 7.28. The molecule has 3 rings (SSSR count). The van der Waals surface area contributed by atoms with E-state index in [-0.39, 0.29) is 12.1 Å². The molecule has 0 saturated carbocycles. The Morgan fingerprint density at radius 3 is 2.43 bits per heavy atom. The Balaban J connectivity index is 1.87. The molecule has 21 heavy (non-hydrogen) atoms. The van der Waals surface area contributed by atoms with Gasteiger partial charge in [-0.1, -0.05) is 24.3 Å². The number of para-hydroxylation sites is 2. The second-order valence-electron chi connectivity index (χ2n) is 5.73. The number of rotatable bonds is 2. The van der Waals surface area contributed by atoms with E-state index in [0.29, 0.717) is 6.61 Å². The molecule has 0 amide bonds. The molecular weight excluding hydrogens is 262 g/mol. The second kappa shape index (κ2) is 5.41. The summed E-state index contributed by atoms with van der Waals surface area (Å²) >= 11 is 0. The van der Waals surface area contributed by atoms with Gasteiger partial charge in [0.15, 0.2) is 17.6 Å². The van der Waals surface area contributed by atoms with Gasteiger partial charge in [0.1, 0.15) is 6.61 Å². The molecule has 0 spiro atoms. The van der Waals surface area contributed by atoms with Crippen LogP contribution in [-0.2, 0) is 0 Å². The number of fused-ring (bicyclic) bond motifs is 1. The van der Waals surface area contributed by atoms with Crippen molar-refractivity contribution in [1.29, 1.82) is 0 Å². The van der Waals surface area contributed by atoms with Crippen LogP contribution >= 0.6 is 0 Å². The number of ether oxygens (including phenoxy) is 2. The van der Waals surface area contributed by atoms with E-state index in [0.717, 1.165) is 17.1 Å². The largest absolute Gasteiger partial charge is 0.486 e. The molecule has 0 saturated heterocycles. The molecule has 0 fully saturated rings. The van der Waals surface area contributed by atoms with Crippen LogP contribution in [0.25, 0.3) is 0 Å². The molecule has 2 aromatic rings. The molecule has 2 aromatic carbocycles. The Morgan fingerprint density at radius 2 is 1.67 bits per heavy atom. The van der Waals surface area contributed by atoms with Crippen molar-refractivity contribution < 1.29 is 9.47 Å². The lowest BCUT2D eigenvalue weighted by molar-refractivity contribution is 0.0719. The van der Waals surface area contributed by atoms with Crippen LogP contribution in [0, 0.1) is 20.8 Å². The van der Waals surface area contributed by atoms with Crippen LogP contribution in [0.15, 0.2) is 36.4 Å². The minimum atomic E-state index is -0.197. The Hall–Kier alpha value is -2.00. The van der Waals surface area contributed by atoms with Crippen molar-refractivity contribution in [3.05, 3.63) is 58.7 Å². The summed E-state index contributed by atoms with van der Waals surface area (Å²) in [5, 5.41) is 0. The van der Waals surface area contributed by atoms with Crippen LogP contribution in [0.4, 0.5) is 0 Å². The zero-order valence-electron chi connectivity index (χ0n) is 12.7. The highest BCUT2D eigenvalue weighted by molar-refractivity contribution is 5.42. The summed E-state index contributed by atoms with van der Waals surface area (Å²) in [5.41, 5.74) is 11.3. The van der Waals surface area contributed by atoms with Crippen LogP contribution in [0.3, 0.4) is 0 Å². The zero-order chi connectivity index (χ0) is 15.0. The smallest absolute Gasteiger partial charge is 0.161 e. The first-order valence-electron chi connectivity index (χ1n) is 7.28. The average Bonchev–Trinajstić information content (AvgIpc) is 2.50. The Kier molecular flexibility index (Phi) is 3.60. The normalized spacial score (nSPS) is 18.4. The van der Waals surface area contributed by atoms with Crippen molar-refractivity contribution in [3.63, 3.8) is 0 Å². The Morgan fingerprint density at radius 1 is 1.00 bits per heavy atom. The fourth-order valence-electron chi connectivity index (χ4n) is 2.76. The van der Waals surface area contributed by atoms with Crippen LogP contribution in [-0.4, -0.2) is 12.7 Å². The SMILES string of the molecule is Cc1cc(C)c(C(N)C2COc3ccccc3O2)cc1C. The van der Waals surface area contributed by atoms with Crippen molar-refractivity contribution in [2.24, 2.45) is 5.73 Å². The number of hydrogen-bond acceptors (Lipinski definition) is 3. The van der Waals surface area contributed by atoms with Crippen molar-refractivity contribution in [2.75, 3.05) is 6.61 Å². The molecule has 0 aliphatic carbocycles. The highest BCUT2D eigenvalue weighted by Gasteiger charge is 2.28. The van der Waals surface area contributed by atoms with Crippen LogP contribution in [0.2, 0.25) is 0 Å². The lowest BCUT2D eigenvalue weighted by Crippen LogP contribution is -2.39. The first kappa shape index (κ1) is 14.0. The zero-order valence-corrected chi connectivity index (χ0v) is 12.7. The molecule has 1 aliphatic heterocycles. The molecule has 2 unspecified atom stereocenters. The van der Waals surface area contributed by atoms with E-state index in [1.165, 1.54) is 16.7 Å². The van der Waals surface area contributed by atoms with Crippen molar-refractivity contribution >= 4 is 0 Å². The van der Waals surface area contributed by atoms with Gasteiger partial charge in [-0.2, -0.15) is 0 Å². The van der Waals surface area contributed by atoms with Gasteiger partial charge in [-0.3, -0.25) is 0 Å². The molecule has 1 heterocycles. The Labute approximate surface area is 125 Å². The summed E-state index contributed by atoms with van der Waals surface area (Å²) in [4.78, 5) is 0. The van der Waals surface area contributed by atoms with Gasteiger partial charge in [-0.25, -0.2) is 0 Å². The number of hydrogen-bond donors (Lipinski definition) is 1.